The van der Waals surface area contributed by atoms with Gasteiger partial charge < -0.3 is 15.3 Å². The van der Waals surface area contributed by atoms with Gasteiger partial charge in [0, 0.05) is 20.0 Å². The SMILES string of the molecule is CC(=O)Nc1ccc(C(=O)N2CC(C(=O)O)C2)s1. The van der Waals surface area contributed by atoms with E-state index in [9.17, 15) is 14.4 Å². The molecule has 96 valence electrons. The number of aliphatic carboxylic acids is 1. The van der Waals surface area contributed by atoms with Gasteiger partial charge in [0.2, 0.25) is 5.91 Å². The van der Waals surface area contributed by atoms with Gasteiger partial charge in [0.25, 0.3) is 5.91 Å². The van der Waals surface area contributed by atoms with Crippen molar-refractivity contribution in [3.8, 4) is 0 Å². The maximum atomic E-state index is 11.9. The summed E-state index contributed by atoms with van der Waals surface area (Å²) in [6.45, 7) is 1.90. The molecular weight excluding hydrogens is 256 g/mol. The minimum Gasteiger partial charge on any atom is -0.481 e. The lowest BCUT2D eigenvalue weighted by Crippen LogP contribution is -2.52. The Morgan fingerprint density at radius 3 is 2.61 bits per heavy atom. The van der Waals surface area contributed by atoms with Crippen molar-refractivity contribution >= 4 is 34.1 Å². The van der Waals surface area contributed by atoms with Crippen molar-refractivity contribution in [1.82, 2.24) is 4.90 Å². The van der Waals surface area contributed by atoms with Gasteiger partial charge in [0.05, 0.1) is 15.8 Å². The molecule has 7 heteroatoms. The number of carboxylic acids is 1. The summed E-state index contributed by atoms with van der Waals surface area (Å²) in [5, 5.41) is 11.9. The molecular formula is C11H12N2O4S. The molecule has 0 bridgehead atoms. The highest BCUT2D eigenvalue weighted by molar-refractivity contribution is 7.18. The molecule has 1 fully saturated rings. The summed E-state index contributed by atoms with van der Waals surface area (Å²) in [5.41, 5.74) is 0. The number of hydrogen-bond donors (Lipinski definition) is 2. The molecule has 1 aliphatic rings. The first kappa shape index (κ1) is 12.6. The molecule has 1 saturated heterocycles. The number of carboxylic acid groups (broad SMARTS) is 1. The average Bonchev–Trinajstić information content (AvgIpc) is 2.61. The van der Waals surface area contributed by atoms with Crippen LogP contribution in [0.5, 0.6) is 0 Å². The smallest absolute Gasteiger partial charge is 0.310 e. The summed E-state index contributed by atoms with van der Waals surface area (Å²) >= 11 is 1.19. The van der Waals surface area contributed by atoms with E-state index < -0.39 is 11.9 Å². The second-order valence-electron chi connectivity index (χ2n) is 4.09. The number of nitrogens with one attached hydrogen (secondary N) is 1. The van der Waals surface area contributed by atoms with Crippen LogP contribution in [0.25, 0.3) is 0 Å². The number of anilines is 1. The third-order valence-corrected chi connectivity index (χ3v) is 3.62. The predicted octanol–water partition coefficient (Wildman–Crippen LogP) is 0.863. The van der Waals surface area contributed by atoms with Crippen molar-refractivity contribution in [3.63, 3.8) is 0 Å². The highest BCUT2D eigenvalue weighted by Crippen LogP contribution is 2.26. The number of amides is 2. The highest BCUT2D eigenvalue weighted by Gasteiger charge is 2.36. The van der Waals surface area contributed by atoms with Gasteiger partial charge in [-0.05, 0) is 12.1 Å². The Morgan fingerprint density at radius 1 is 1.39 bits per heavy atom. The van der Waals surface area contributed by atoms with Crippen molar-refractivity contribution in [2.24, 2.45) is 5.92 Å². The zero-order valence-electron chi connectivity index (χ0n) is 9.67. The second kappa shape index (κ2) is 4.77. The zero-order chi connectivity index (χ0) is 13.3. The van der Waals surface area contributed by atoms with E-state index in [4.69, 9.17) is 5.11 Å². The Kier molecular flexibility index (Phi) is 3.33. The number of carbonyl (C=O) groups excluding carboxylic acids is 2. The van der Waals surface area contributed by atoms with Gasteiger partial charge in [-0.15, -0.1) is 11.3 Å². The van der Waals surface area contributed by atoms with Gasteiger partial charge in [0.15, 0.2) is 0 Å². The molecule has 0 spiro atoms. The third-order valence-electron chi connectivity index (χ3n) is 2.63. The van der Waals surface area contributed by atoms with Crippen LogP contribution >= 0.6 is 11.3 Å². The molecule has 1 aromatic rings. The minimum atomic E-state index is -0.871. The number of hydrogen-bond acceptors (Lipinski definition) is 4. The molecule has 1 aliphatic heterocycles. The lowest BCUT2D eigenvalue weighted by atomic mass is 10.0. The zero-order valence-corrected chi connectivity index (χ0v) is 10.5. The third kappa shape index (κ3) is 2.51. The van der Waals surface area contributed by atoms with E-state index in [-0.39, 0.29) is 24.9 Å². The summed E-state index contributed by atoms with van der Waals surface area (Å²) in [6.07, 6.45) is 0. The Balaban J connectivity index is 1.96. The van der Waals surface area contributed by atoms with Crippen molar-refractivity contribution in [1.29, 1.82) is 0 Å². The van der Waals surface area contributed by atoms with Crippen LogP contribution < -0.4 is 5.32 Å². The number of thiophene rings is 1. The van der Waals surface area contributed by atoms with Crippen LogP contribution in [0.3, 0.4) is 0 Å². The van der Waals surface area contributed by atoms with E-state index in [1.165, 1.54) is 23.2 Å². The molecule has 2 heterocycles. The van der Waals surface area contributed by atoms with E-state index >= 15 is 0 Å². The lowest BCUT2D eigenvalue weighted by Gasteiger charge is -2.36. The maximum absolute atomic E-state index is 11.9. The standard InChI is InChI=1S/C11H12N2O4S/c1-6(14)12-9-3-2-8(18-9)10(15)13-4-7(5-13)11(16)17/h2-3,7H,4-5H2,1H3,(H,12,14)(H,16,17). The Hall–Kier alpha value is -1.89. The van der Waals surface area contributed by atoms with Gasteiger partial charge in [0.1, 0.15) is 0 Å². The largest absolute Gasteiger partial charge is 0.481 e. The molecule has 0 aromatic carbocycles. The summed E-state index contributed by atoms with van der Waals surface area (Å²) in [5.74, 6) is -1.70. The van der Waals surface area contributed by atoms with Crippen LogP contribution in [0.4, 0.5) is 5.00 Å². The quantitative estimate of drug-likeness (QED) is 0.851. The second-order valence-corrected chi connectivity index (χ2v) is 5.17. The van der Waals surface area contributed by atoms with E-state index in [1.807, 2.05) is 0 Å². The predicted molar refractivity (Wildman–Crippen MR) is 65.7 cm³/mol. The van der Waals surface area contributed by atoms with E-state index in [0.717, 1.165) is 0 Å². The van der Waals surface area contributed by atoms with Crippen molar-refractivity contribution < 1.29 is 19.5 Å². The molecule has 0 radical (unpaired) electrons. The average molecular weight is 268 g/mol. The molecule has 18 heavy (non-hydrogen) atoms. The molecule has 2 N–H and O–H groups in total. The van der Waals surface area contributed by atoms with Crippen molar-refractivity contribution in [3.05, 3.63) is 17.0 Å². The number of carbonyl (C=O) groups is 3. The fourth-order valence-corrected chi connectivity index (χ4v) is 2.57. The van der Waals surface area contributed by atoms with Crippen molar-refractivity contribution in [2.45, 2.75) is 6.92 Å². The van der Waals surface area contributed by atoms with E-state index in [2.05, 4.69) is 5.32 Å². The highest BCUT2D eigenvalue weighted by atomic mass is 32.1. The van der Waals surface area contributed by atoms with Gasteiger partial charge in [-0.2, -0.15) is 0 Å². The van der Waals surface area contributed by atoms with Crippen LogP contribution in [0.1, 0.15) is 16.6 Å². The molecule has 2 amide bonds. The van der Waals surface area contributed by atoms with Crippen LogP contribution in [0.15, 0.2) is 12.1 Å². The summed E-state index contributed by atoms with van der Waals surface area (Å²) in [4.78, 5) is 35.4. The molecule has 0 saturated carbocycles. The first-order chi connectivity index (χ1) is 8.47. The van der Waals surface area contributed by atoms with E-state index in [1.54, 1.807) is 12.1 Å². The molecule has 0 unspecified atom stereocenters. The summed E-state index contributed by atoms with van der Waals surface area (Å²) < 4.78 is 0. The normalized spacial score (nSPS) is 15.1. The van der Waals surface area contributed by atoms with E-state index in [0.29, 0.717) is 9.88 Å². The van der Waals surface area contributed by atoms with Gasteiger partial charge >= 0.3 is 5.97 Å². The minimum absolute atomic E-state index is 0.186. The van der Waals surface area contributed by atoms with Crippen LogP contribution in [0.2, 0.25) is 0 Å². The fraction of sp³-hybridized carbons (Fsp3) is 0.364. The molecule has 0 atom stereocenters. The summed E-state index contributed by atoms with van der Waals surface area (Å²) in [7, 11) is 0. The van der Waals surface area contributed by atoms with Gasteiger partial charge in [-0.25, -0.2) is 0 Å². The van der Waals surface area contributed by atoms with Gasteiger partial charge in [-0.3, -0.25) is 14.4 Å². The lowest BCUT2D eigenvalue weighted by molar-refractivity contribution is -0.146. The van der Waals surface area contributed by atoms with Crippen molar-refractivity contribution in [2.75, 3.05) is 18.4 Å². The van der Waals surface area contributed by atoms with Crippen LogP contribution in [0, 0.1) is 5.92 Å². The topological polar surface area (TPSA) is 86.7 Å². The number of rotatable bonds is 3. The Morgan fingerprint density at radius 2 is 2.06 bits per heavy atom. The monoisotopic (exact) mass is 268 g/mol. The first-order valence-electron chi connectivity index (χ1n) is 5.37. The first-order valence-corrected chi connectivity index (χ1v) is 6.18. The Labute approximate surface area is 107 Å². The van der Waals surface area contributed by atoms with Gasteiger partial charge in [-0.1, -0.05) is 0 Å². The molecule has 2 rings (SSSR count). The van der Waals surface area contributed by atoms with Crippen LogP contribution in [-0.2, 0) is 9.59 Å². The molecule has 6 nitrogen and oxygen atoms in total. The fourth-order valence-electron chi connectivity index (χ4n) is 1.65. The molecule has 1 aromatic heterocycles. The number of likely N-dealkylation sites (tertiary alicyclic amines) is 1. The maximum Gasteiger partial charge on any atom is 0.310 e. The Bertz CT molecular complexity index is 505. The summed E-state index contributed by atoms with van der Waals surface area (Å²) in [6, 6.07) is 3.29. The number of nitrogens with zero attached hydrogens (tertiary/aromatic N) is 1. The van der Waals surface area contributed by atoms with Crippen LogP contribution in [-0.4, -0.2) is 40.9 Å². The molecule has 0 aliphatic carbocycles.